The molecule has 0 amide bonds. The Kier molecular flexibility index (Phi) is 5.04. The summed E-state index contributed by atoms with van der Waals surface area (Å²) >= 11 is 0. The second kappa shape index (κ2) is 7.58. The molecule has 0 spiro atoms. The van der Waals surface area contributed by atoms with Gasteiger partial charge >= 0.3 is 0 Å². The molecule has 5 heteroatoms. The van der Waals surface area contributed by atoms with Gasteiger partial charge in [0.2, 0.25) is 0 Å². The van der Waals surface area contributed by atoms with E-state index in [2.05, 4.69) is 21.1 Å². The molecule has 2 fully saturated rings. The van der Waals surface area contributed by atoms with Crippen LogP contribution in [0, 0.1) is 0 Å². The monoisotopic (exact) mass is 340 g/mol. The molecule has 1 aromatic heterocycles. The molecule has 5 nitrogen and oxygen atoms in total. The highest BCUT2D eigenvalue weighted by molar-refractivity contribution is 5.46. The Morgan fingerprint density at radius 2 is 1.96 bits per heavy atom. The van der Waals surface area contributed by atoms with Gasteiger partial charge in [-0.05, 0) is 57.5 Å². The van der Waals surface area contributed by atoms with Crippen molar-refractivity contribution in [2.24, 2.45) is 0 Å². The summed E-state index contributed by atoms with van der Waals surface area (Å²) in [6.45, 7) is 5.97. The summed E-state index contributed by atoms with van der Waals surface area (Å²) < 4.78 is 7.38. The maximum atomic E-state index is 5.45. The van der Waals surface area contributed by atoms with Crippen LogP contribution in [0.3, 0.4) is 0 Å². The molecular weight excluding hydrogens is 312 g/mol. The fraction of sp³-hybridized carbons (Fsp3) is 0.550. The van der Waals surface area contributed by atoms with E-state index in [9.17, 15) is 0 Å². The number of nitrogens with zero attached hydrogens (tertiary/aromatic N) is 4. The van der Waals surface area contributed by atoms with E-state index in [0.717, 1.165) is 24.0 Å². The van der Waals surface area contributed by atoms with Crippen LogP contribution < -0.4 is 4.74 Å². The number of para-hydroxylation sites is 2. The van der Waals surface area contributed by atoms with Gasteiger partial charge in [-0.2, -0.15) is 5.10 Å². The minimum Gasteiger partial charge on any atom is -0.494 e. The lowest BCUT2D eigenvalue weighted by molar-refractivity contribution is 0.110. The molecular formula is C20H28N4O. The van der Waals surface area contributed by atoms with Gasteiger partial charge < -0.3 is 4.74 Å². The highest BCUT2D eigenvalue weighted by Gasteiger charge is 2.27. The molecule has 0 aliphatic carbocycles. The lowest BCUT2D eigenvalue weighted by atomic mass is 10.0. The number of ether oxygens (including phenoxy) is 1. The molecule has 4 rings (SSSR count). The van der Waals surface area contributed by atoms with Crippen LogP contribution in [0.15, 0.2) is 36.7 Å². The number of hydrogen-bond donors (Lipinski definition) is 0. The maximum absolute atomic E-state index is 5.45. The van der Waals surface area contributed by atoms with Crippen LogP contribution in [0.5, 0.6) is 5.75 Å². The molecule has 1 unspecified atom stereocenters. The Morgan fingerprint density at radius 3 is 2.80 bits per heavy atom. The van der Waals surface area contributed by atoms with Crippen LogP contribution in [-0.4, -0.2) is 58.9 Å². The van der Waals surface area contributed by atoms with Crippen LogP contribution >= 0.6 is 0 Å². The topological polar surface area (TPSA) is 33.5 Å². The summed E-state index contributed by atoms with van der Waals surface area (Å²) in [5.41, 5.74) is 2.26. The van der Waals surface area contributed by atoms with Gasteiger partial charge in [0.05, 0.1) is 13.3 Å². The fourth-order valence-electron chi connectivity index (χ4n) is 4.23. The van der Waals surface area contributed by atoms with E-state index in [1.54, 1.807) is 7.11 Å². The predicted molar refractivity (Wildman–Crippen MR) is 99.2 cm³/mol. The zero-order valence-electron chi connectivity index (χ0n) is 15.1. The quantitative estimate of drug-likeness (QED) is 0.838. The van der Waals surface area contributed by atoms with E-state index >= 15 is 0 Å². The molecule has 0 N–H and O–H groups in total. The maximum Gasteiger partial charge on any atom is 0.144 e. The van der Waals surface area contributed by atoms with Gasteiger partial charge in [-0.3, -0.25) is 9.80 Å². The van der Waals surface area contributed by atoms with Crippen molar-refractivity contribution in [1.82, 2.24) is 19.6 Å². The largest absolute Gasteiger partial charge is 0.494 e. The third-order valence-electron chi connectivity index (χ3n) is 5.51. The molecule has 2 aromatic rings. The van der Waals surface area contributed by atoms with Gasteiger partial charge in [-0.25, -0.2) is 4.68 Å². The molecule has 0 bridgehead atoms. The van der Waals surface area contributed by atoms with Crippen molar-refractivity contribution >= 4 is 0 Å². The van der Waals surface area contributed by atoms with Crippen molar-refractivity contribution < 1.29 is 4.74 Å². The third-order valence-corrected chi connectivity index (χ3v) is 5.51. The van der Waals surface area contributed by atoms with Crippen molar-refractivity contribution in [3.63, 3.8) is 0 Å². The summed E-state index contributed by atoms with van der Waals surface area (Å²) in [7, 11) is 1.70. The first-order chi connectivity index (χ1) is 12.3. The van der Waals surface area contributed by atoms with Crippen molar-refractivity contribution in [3.05, 3.63) is 42.2 Å². The molecule has 1 aromatic carbocycles. The van der Waals surface area contributed by atoms with Crippen LogP contribution in [0.25, 0.3) is 5.69 Å². The molecule has 0 radical (unpaired) electrons. The van der Waals surface area contributed by atoms with Crippen LogP contribution in [0.4, 0.5) is 0 Å². The first-order valence-electron chi connectivity index (χ1n) is 9.47. The summed E-state index contributed by atoms with van der Waals surface area (Å²) in [6.07, 6.45) is 9.55. The van der Waals surface area contributed by atoms with Crippen molar-refractivity contribution in [2.75, 3.05) is 33.3 Å². The molecule has 0 saturated carbocycles. The Bertz CT molecular complexity index is 693. The Balaban J connectivity index is 1.42. The fourth-order valence-corrected chi connectivity index (χ4v) is 4.23. The van der Waals surface area contributed by atoms with Gasteiger partial charge in [0.25, 0.3) is 0 Å². The number of benzene rings is 1. The highest BCUT2D eigenvalue weighted by Crippen LogP contribution is 2.24. The van der Waals surface area contributed by atoms with Gasteiger partial charge in [-0.1, -0.05) is 12.1 Å². The molecule has 1 atom stereocenters. The third kappa shape index (κ3) is 3.72. The number of hydrogen-bond acceptors (Lipinski definition) is 4. The van der Waals surface area contributed by atoms with Crippen LogP contribution in [0.2, 0.25) is 0 Å². The number of methoxy groups -OCH3 is 1. The summed E-state index contributed by atoms with van der Waals surface area (Å²) in [5.74, 6) is 0.851. The zero-order chi connectivity index (χ0) is 17.1. The number of rotatable bonds is 5. The Labute approximate surface area is 150 Å². The van der Waals surface area contributed by atoms with Crippen LogP contribution in [-0.2, 0) is 6.54 Å². The van der Waals surface area contributed by atoms with Gasteiger partial charge in [0.15, 0.2) is 0 Å². The van der Waals surface area contributed by atoms with Gasteiger partial charge in [-0.15, -0.1) is 0 Å². The van der Waals surface area contributed by atoms with E-state index in [4.69, 9.17) is 4.74 Å². The lowest BCUT2D eigenvalue weighted by Gasteiger charge is -2.37. The normalized spacial score (nSPS) is 22.4. The van der Waals surface area contributed by atoms with E-state index in [1.807, 2.05) is 35.1 Å². The summed E-state index contributed by atoms with van der Waals surface area (Å²) in [5, 5.41) is 4.56. The molecule has 134 valence electrons. The average molecular weight is 340 g/mol. The standard InChI is InChI=1S/C20H28N4O/c1-25-20-9-3-2-8-19(20)24-15-17(13-21-24)14-22-10-6-7-18(16-22)23-11-4-5-12-23/h2-3,8-9,13,15,18H,4-7,10-12,14,16H2,1H3. The van der Waals surface area contributed by atoms with Crippen molar-refractivity contribution in [2.45, 2.75) is 38.3 Å². The van der Waals surface area contributed by atoms with Crippen molar-refractivity contribution in [3.8, 4) is 11.4 Å². The zero-order valence-corrected chi connectivity index (χ0v) is 15.1. The number of likely N-dealkylation sites (tertiary alicyclic amines) is 2. The first kappa shape index (κ1) is 16.6. The molecule has 2 saturated heterocycles. The van der Waals surface area contributed by atoms with E-state index in [0.29, 0.717) is 0 Å². The van der Waals surface area contributed by atoms with E-state index < -0.39 is 0 Å². The predicted octanol–water partition coefficient (Wildman–Crippen LogP) is 2.94. The highest BCUT2D eigenvalue weighted by atomic mass is 16.5. The smallest absolute Gasteiger partial charge is 0.144 e. The summed E-state index contributed by atoms with van der Waals surface area (Å²) in [6, 6.07) is 8.77. The number of piperidine rings is 1. The van der Waals surface area contributed by atoms with E-state index in [1.165, 1.54) is 57.4 Å². The van der Waals surface area contributed by atoms with Crippen LogP contribution in [0.1, 0.15) is 31.2 Å². The summed E-state index contributed by atoms with van der Waals surface area (Å²) in [4.78, 5) is 5.29. The van der Waals surface area contributed by atoms with Gasteiger partial charge in [0, 0.05) is 30.9 Å². The first-order valence-corrected chi connectivity index (χ1v) is 9.47. The van der Waals surface area contributed by atoms with E-state index in [-0.39, 0.29) is 0 Å². The Hall–Kier alpha value is -1.85. The minimum atomic E-state index is 0.750. The second-order valence-electron chi connectivity index (χ2n) is 7.24. The lowest BCUT2D eigenvalue weighted by Crippen LogP contribution is -2.46. The Morgan fingerprint density at radius 1 is 1.12 bits per heavy atom. The van der Waals surface area contributed by atoms with Gasteiger partial charge in [0.1, 0.15) is 11.4 Å². The van der Waals surface area contributed by atoms with Crippen molar-refractivity contribution in [1.29, 1.82) is 0 Å². The molecule has 3 heterocycles. The average Bonchev–Trinajstić information content (AvgIpc) is 3.34. The SMILES string of the molecule is COc1ccccc1-n1cc(CN2CCCC(N3CCCC3)C2)cn1. The molecule has 2 aliphatic heterocycles. The second-order valence-corrected chi connectivity index (χ2v) is 7.24. The molecule has 2 aliphatic rings. The molecule has 25 heavy (non-hydrogen) atoms. The minimum absolute atomic E-state index is 0.750. The number of aromatic nitrogens is 2.